The zero-order valence-corrected chi connectivity index (χ0v) is 18.4. The van der Waals surface area contributed by atoms with Gasteiger partial charge in [-0.3, -0.25) is 4.39 Å². The quantitative estimate of drug-likeness (QED) is 0.169. The third-order valence-electron chi connectivity index (χ3n) is 5.82. The van der Waals surface area contributed by atoms with Crippen molar-refractivity contribution in [1.82, 2.24) is 14.6 Å². The van der Waals surface area contributed by atoms with Gasteiger partial charge in [0.1, 0.15) is 18.0 Å². The third-order valence-corrected chi connectivity index (χ3v) is 5.82. The van der Waals surface area contributed by atoms with Crippen molar-refractivity contribution >= 4 is 5.82 Å². The summed E-state index contributed by atoms with van der Waals surface area (Å²) in [7, 11) is 1.29. The molecule has 1 aliphatic rings. The summed E-state index contributed by atoms with van der Waals surface area (Å²) >= 11 is 0. The van der Waals surface area contributed by atoms with E-state index in [9.17, 15) is 39.9 Å². The van der Waals surface area contributed by atoms with Gasteiger partial charge in [0.2, 0.25) is 5.72 Å². The minimum Gasteiger partial charge on any atom is -0.504 e. The van der Waals surface area contributed by atoms with Crippen LogP contribution in [0.15, 0.2) is 29.2 Å². The molecule has 1 aliphatic heterocycles. The molecule has 1 aromatic carbocycles. The summed E-state index contributed by atoms with van der Waals surface area (Å²) in [5.41, 5.74) is 1.77. The molecule has 1 saturated heterocycles. The molecule has 0 spiro atoms. The van der Waals surface area contributed by atoms with Gasteiger partial charge in [0.05, 0.1) is 26.9 Å². The van der Waals surface area contributed by atoms with Crippen LogP contribution in [0.25, 0.3) is 0 Å². The van der Waals surface area contributed by atoms with Gasteiger partial charge >= 0.3 is 11.6 Å². The Morgan fingerprint density at radius 1 is 1.41 bits per heavy atom. The standard InChI is InChI=1S/C20H27FN4O9/c1-10(6-21)12-7-23-18(29)25(17(12)22)20(31)19(30,16(28)15(9-26)34-20)24(32)8-11-3-4-13(27)14(5-11)33-2/h3-5,7,10,15-16,26-28,30-32H,6,8-9,22H2,1-2H3/t10?,15-,16-,19-,20-/m1/s1. The Morgan fingerprint density at radius 3 is 2.68 bits per heavy atom. The Labute approximate surface area is 192 Å². The van der Waals surface area contributed by atoms with Crippen LogP contribution in [-0.4, -0.2) is 83.7 Å². The van der Waals surface area contributed by atoms with Crippen LogP contribution in [0, 0.1) is 0 Å². The van der Waals surface area contributed by atoms with Crippen LogP contribution in [0.1, 0.15) is 24.0 Å². The lowest BCUT2D eigenvalue weighted by molar-refractivity contribution is -0.413. The summed E-state index contributed by atoms with van der Waals surface area (Å²) < 4.78 is 23.8. The predicted molar refractivity (Wildman–Crippen MR) is 112 cm³/mol. The largest absolute Gasteiger partial charge is 0.504 e. The van der Waals surface area contributed by atoms with Gasteiger partial charge in [0.25, 0.3) is 0 Å². The molecule has 1 unspecified atom stereocenters. The van der Waals surface area contributed by atoms with E-state index in [0.29, 0.717) is 0 Å². The van der Waals surface area contributed by atoms with Crippen molar-refractivity contribution in [2.45, 2.75) is 43.2 Å². The SMILES string of the molecule is COc1cc(CN(O)[C@@]2(O)[C@H](O)[C@@H](CO)O[C@@]2(O)n2c(N)c(C(C)CF)cnc2=O)ccc1O. The fourth-order valence-corrected chi connectivity index (χ4v) is 3.84. The second-order valence-corrected chi connectivity index (χ2v) is 7.95. The number of hydrogen-bond acceptors (Lipinski definition) is 12. The molecule has 34 heavy (non-hydrogen) atoms. The molecule has 2 aromatic rings. The van der Waals surface area contributed by atoms with Crippen molar-refractivity contribution in [2.75, 3.05) is 26.1 Å². The Morgan fingerprint density at radius 2 is 2.09 bits per heavy atom. The molecule has 2 heterocycles. The molecule has 5 atom stereocenters. The maximum Gasteiger partial charge on any atom is 0.353 e. The van der Waals surface area contributed by atoms with E-state index >= 15 is 0 Å². The zero-order chi connectivity index (χ0) is 25.4. The highest BCUT2D eigenvalue weighted by Gasteiger charge is 2.70. The van der Waals surface area contributed by atoms with Crippen LogP contribution < -0.4 is 16.2 Å². The number of benzene rings is 1. The first kappa shape index (κ1) is 25.8. The Balaban J connectivity index is 2.15. The van der Waals surface area contributed by atoms with Gasteiger partial charge in [-0.25, -0.2) is 14.3 Å². The first-order chi connectivity index (χ1) is 16.0. The number of halogens is 1. The monoisotopic (exact) mass is 486 g/mol. The van der Waals surface area contributed by atoms with E-state index in [1.54, 1.807) is 0 Å². The second-order valence-electron chi connectivity index (χ2n) is 7.95. The smallest absolute Gasteiger partial charge is 0.353 e. The van der Waals surface area contributed by atoms with Gasteiger partial charge in [-0.2, -0.15) is 0 Å². The number of hydrogen-bond donors (Lipinski definition) is 7. The van der Waals surface area contributed by atoms with Gasteiger partial charge < -0.3 is 45.9 Å². The Hall–Kier alpha value is -2.85. The molecule has 3 rings (SSSR count). The number of methoxy groups -OCH3 is 1. The molecule has 8 N–H and O–H groups in total. The van der Waals surface area contributed by atoms with E-state index < -0.39 is 61.1 Å². The molecule has 0 saturated carbocycles. The lowest BCUT2D eigenvalue weighted by Crippen LogP contribution is -2.68. The first-order valence-electron chi connectivity index (χ1n) is 10.1. The summed E-state index contributed by atoms with van der Waals surface area (Å²) in [4.78, 5) is 16.2. The minimum absolute atomic E-state index is 0.0174. The van der Waals surface area contributed by atoms with Crippen molar-refractivity contribution in [2.24, 2.45) is 0 Å². The zero-order valence-electron chi connectivity index (χ0n) is 18.4. The number of aromatic hydroxyl groups is 1. The fraction of sp³-hybridized carbons (Fsp3) is 0.500. The fourth-order valence-electron chi connectivity index (χ4n) is 3.84. The molecule has 0 amide bonds. The van der Waals surface area contributed by atoms with E-state index in [1.165, 1.54) is 32.2 Å². The number of anilines is 1. The number of aromatic nitrogens is 2. The summed E-state index contributed by atoms with van der Waals surface area (Å²) in [6.45, 7) is -1.01. The van der Waals surface area contributed by atoms with E-state index in [2.05, 4.69) is 4.98 Å². The summed E-state index contributed by atoms with van der Waals surface area (Å²) in [5.74, 6) is -4.88. The number of rotatable bonds is 8. The summed E-state index contributed by atoms with van der Waals surface area (Å²) in [6, 6.07) is 3.89. The number of aliphatic hydroxyl groups is 4. The number of nitrogens with two attached hydrogens (primary N) is 1. The van der Waals surface area contributed by atoms with E-state index in [-0.39, 0.29) is 32.3 Å². The topological polar surface area (TPSA) is 204 Å². The van der Waals surface area contributed by atoms with Crippen molar-refractivity contribution in [3.8, 4) is 11.5 Å². The molecule has 13 nitrogen and oxygen atoms in total. The number of nitrogen functional groups attached to an aromatic ring is 1. The van der Waals surface area contributed by atoms with Crippen molar-refractivity contribution in [1.29, 1.82) is 0 Å². The molecule has 14 heteroatoms. The van der Waals surface area contributed by atoms with Gasteiger partial charge in [0, 0.05) is 17.7 Å². The van der Waals surface area contributed by atoms with Crippen LogP contribution >= 0.6 is 0 Å². The minimum atomic E-state index is -3.28. The number of nitrogens with zero attached hydrogens (tertiary/aromatic N) is 3. The molecule has 1 aromatic heterocycles. The molecule has 0 bridgehead atoms. The second kappa shape index (κ2) is 9.42. The predicted octanol–water partition coefficient (Wildman–Crippen LogP) is -1.45. The number of phenols is 1. The van der Waals surface area contributed by atoms with Crippen molar-refractivity contribution < 1.29 is 44.6 Å². The van der Waals surface area contributed by atoms with E-state index in [1.807, 2.05) is 0 Å². The molecular weight excluding hydrogens is 459 g/mol. The Bertz CT molecular complexity index is 1100. The van der Waals surface area contributed by atoms with Crippen molar-refractivity contribution in [3.05, 3.63) is 46.0 Å². The van der Waals surface area contributed by atoms with Crippen LogP contribution in [0.3, 0.4) is 0 Å². The van der Waals surface area contributed by atoms with Gasteiger partial charge in [-0.15, -0.1) is 5.06 Å². The normalized spacial score (nSPS) is 27.8. The maximum absolute atomic E-state index is 13.3. The molecule has 0 radical (unpaired) electrons. The number of phenolic OH excluding ortho intramolecular Hbond substituents is 1. The average Bonchev–Trinajstić information content (AvgIpc) is 3.01. The molecule has 0 aliphatic carbocycles. The van der Waals surface area contributed by atoms with Crippen LogP contribution in [0.5, 0.6) is 11.5 Å². The molecular formula is C20H27FN4O9. The number of ether oxygens (including phenoxy) is 2. The summed E-state index contributed by atoms with van der Waals surface area (Å²) in [6.07, 6.45) is -2.87. The van der Waals surface area contributed by atoms with E-state index in [4.69, 9.17) is 15.2 Å². The molecule has 1 fully saturated rings. The Kier molecular flexibility index (Phi) is 7.14. The van der Waals surface area contributed by atoms with Gasteiger partial charge in [-0.1, -0.05) is 13.0 Å². The number of alkyl halides is 1. The highest BCUT2D eigenvalue weighted by molar-refractivity contribution is 5.43. The van der Waals surface area contributed by atoms with E-state index in [0.717, 1.165) is 6.20 Å². The van der Waals surface area contributed by atoms with Gasteiger partial charge in [-0.05, 0) is 17.7 Å². The van der Waals surface area contributed by atoms with Crippen molar-refractivity contribution in [3.63, 3.8) is 0 Å². The molecule has 188 valence electrons. The highest BCUT2D eigenvalue weighted by Crippen LogP contribution is 2.45. The summed E-state index contributed by atoms with van der Waals surface area (Å²) in [5, 5.41) is 63.8. The third kappa shape index (κ3) is 3.88. The average molecular weight is 486 g/mol. The van der Waals surface area contributed by atoms with Crippen LogP contribution in [0.4, 0.5) is 10.2 Å². The van der Waals surface area contributed by atoms with Crippen LogP contribution in [-0.2, 0) is 17.2 Å². The van der Waals surface area contributed by atoms with Gasteiger partial charge in [0.15, 0.2) is 11.5 Å². The van der Waals surface area contributed by atoms with Crippen LogP contribution in [0.2, 0.25) is 0 Å². The first-order valence-corrected chi connectivity index (χ1v) is 10.1. The lowest BCUT2D eigenvalue weighted by atomic mass is 9.99. The lowest BCUT2D eigenvalue weighted by Gasteiger charge is -2.42. The number of aliphatic hydroxyl groups excluding tert-OH is 2. The highest BCUT2D eigenvalue weighted by atomic mass is 19.1. The maximum atomic E-state index is 13.3. The number of hydroxylamine groups is 2.